The van der Waals surface area contributed by atoms with Crippen LogP contribution >= 0.6 is 0 Å². The second-order valence-corrected chi connectivity index (χ2v) is 7.94. The van der Waals surface area contributed by atoms with E-state index in [-0.39, 0.29) is 6.42 Å². The van der Waals surface area contributed by atoms with E-state index in [2.05, 4.69) is 5.10 Å². The van der Waals surface area contributed by atoms with Crippen molar-refractivity contribution in [2.24, 2.45) is 13.0 Å². The molecular formula is C24H26N2O4. The van der Waals surface area contributed by atoms with Crippen LogP contribution in [0.3, 0.4) is 0 Å². The topological polar surface area (TPSA) is 73.6 Å². The Bertz CT molecular complexity index is 1080. The number of ether oxygens (including phenoxy) is 2. The molecule has 1 aliphatic carbocycles. The van der Waals surface area contributed by atoms with Crippen molar-refractivity contribution in [2.75, 3.05) is 6.61 Å². The third-order valence-electron chi connectivity index (χ3n) is 5.35. The van der Waals surface area contributed by atoms with Crippen LogP contribution in [0.15, 0.2) is 42.5 Å². The van der Waals surface area contributed by atoms with Gasteiger partial charge in [-0.2, -0.15) is 5.10 Å². The van der Waals surface area contributed by atoms with Crippen molar-refractivity contribution in [3.63, 3.8) is 0 Å². The second-order valence-electron chi connectivity index (χ2n) is 7.94. The van der Waals surface area contributed by atoms with Crippen LogP contribution < -0.4 is 9.47 Å². The summed E-state index contributed by atoms with van der Waals surface area (Å²) in [6.45, 7) is 4.70. The fourth-order valence-electron chi connectivity index (χ4n) is 3.59. The summed E-state index contributed by atoms with van der Waals surface area (Å²) in [5, 5.41) is 13.7. The van der Waals surface area contributed by atoms with Crippen molar-refractivity contribution in [1.29, 1.82) is 0 Å². The number of carbonyl (C=O) groups is 1. The molecule has 1 N–H and O–H groups in total. The SMILES string of the molecule is Cc1nn(C)c(C)c1-c1cccc(Oc2cc(CC(=O)O)cc(OCC3CC3)c2)c1. The highest BCUT2D eigenvalue weighted by atomic mass is 16.5. The summed E-state index contributed by atoms with van der Waals surface area (Å²) < 4.78 is 13.9. The maximum atomic E-state index is 11.2. The minimum Gasteiger partial charge on any atom is -0.493 e. The normalized spacial score (nSPS) is 13.3. The van der Waals surface area contributed by atoms with E-state index in [1.165, 1.54) is 12.8 Å². The van der Waals surface area contributed by atoms with E-state index in [1.807, 2.05) is 55.9 Å². The van der Waals surface area contributed by atoms with Crippen LogP contribution in [0.2, 0.25) is 0 Å². The number of carboxylic acid groups (broad SMARTS) is 1. The van der Waals surface area contributed by atoms with Gasteiger partial charge >= 0.3 is 5.97 Å². The molecule has 1 saturated carbocycles. The van der Waals surface area contributed by atoms with Crippen LogP contribution in [-0.2, 0) is 18.3 Å². The van der Waals surface area contributed by atoms with E-state index in [0.717, 1.165) is 22.5 Å². The lowest BCUT2D eigenvalue weighted by atomic mass is 10.0. The molecule has 0 radical (unpaired) electrons. The van der Waals surface area contributed by atoms with Crippen LogP contribution in [0.1, 0.15) is 29.8 Å². The maximum absolute atomic E-state index is 11.2. The summed E-state index contributed by atoms with van der Waals surface area (Å²) >= 11 is 0. The van der Waals surface area contributed by atoms with E-state index < -0.39 is 5.97 Å². The monoisotopic (exact) mass is 406 g/mol. The molecule has 0 aliphatic heterocycles. The fraction of sp³-hybridized carbons (Fsp3) is 0.333. The first-order chi connectivity index (χ1) is 14.4. The van der Waals surface area contributed by atoms with E-state index in [4.69, 9.17) is 9.47 Å². The number of aryl methyl sites for hydroxylation is 2. The number of hydrogen-bond donors (Lipinski definition) is 1. The van der Waals surface area contributed by atoms with Crippen LogP contribution in [0, 0.1) is 19.8 Å². The standard InChI is InChI=1S/C24H26N2O4/c1-15-24(16(2)26(3)25-15)19-5-4-6-20(12-19)30-22-10-18(11-23(27)28)9-21(13-22)29-14-17-7-8-17/h4-6,9-10,12-13,17H,7-8,11,14H2,1-3H3,(H,27,28). The molecule has 1 fully saturated rings. The molecule has 6 nitrogen and oxygen atoms in total. The van der Waals surface area contributed by atoms with Crippen molar-refractivity contribution >= 4 is 5.97 Å². The van der Waals surface area contributed by atoms with Gasteiger partial charge in [0.15, 0.2) is 0 Å². The van der Waals surface area contributed by atoms with Crippen molar-refractivity contribution < 1.29 is 19.4 Å². The minimum absolute atomic E-state index is 0.0783. The second kappa shape index (κ2) is 8.22. The lowest BCUT2D eigenvalue weighted by Gasteiger charge is -2.12. The molecule has 0 unspecified atom stereocenters. The first kappa shape index (κ1) is 20.0. The van der Waals surface area contributed by atoms with Crippen LogP contribution in [0.4, 0.5) is 0 Å². The quantitative estimate of drug-likeness (QED) is 0.575. The van der Waals surface area contributed by atoms with Gasteiger partial charge in [0.25, 0.3) is 0 Å². The molecule has 30 heavy (non-hydrogen) atoms. The van der Waals surface area contributed by atoms with Gasteiger partial charge in [0.05, 0.1) is 18.7 Å². The van der Waals surface area contributed by atoms with Gasteiger partial charge in [0.1, 0.15) is 17.2 Å². The highest BCUT2D eigenvalue weighted by molar-refractivity contribution is 5.71. The Morgan fingerprint density at radius 2 is 1.90 bits per heavy atom. The van der Waals surface area contributed by atoms with E-state index in [9.17, 15) is 9.90 Å². The molecule has 0 atom stereocenters. The molecule has 4 rings (SSSR count). The van der Waals surface area contributed by atoms with Crippen molar-refractivity contribution in [2.45, 2.75) is 33.1 Å². The largest absolute Gasteiger partial charge is 0.493 e. The maximum Gasteiger partial charge on any atom is 0.307 e. The minimum atomic E-state index is -0.884. The Balaban J connectivity index is 1.61. The van der Waals surface area contributed by atoms with Gasteiger partial charge in [-0.3, -0.25) is 9.48 Å². The van der Waals surface area contributed by atoms with Gasteiger partial charge in [0.2, 0.25) is 0 Å². The number of benzene rings is 2. The molecule has 2 aromatic carbocycles. The van der Waals surface area contributed by atoms with E-state index in [0.29, 0.717) is 35.3 Å². The van der Waals surface area contributed by atoms with Crippen LogP contribution in [-0.4, -0.2) is 27.5 Å². The molecule has 0 bridgehead atoms. The molecule has 1 aliphatic rings. The van der Waals surface area contributed by atoms with Crippen molar-refractivity contribution in [1.82, 2.24) is 9.78 Å². The summed E-state index contributed by atoms with van der Waals surface area (Å²) in [7, 11) is 1.93. The van der Waals surface area contributed by atoms with Crippen LogP contribution in [0.25, 0.3) is 11.1 Å². The molecule has 0 amide bonds. The first-order valence-corrected chi connectivity index (χ1v) is 10.2. The summed E-state index contributed by atoms with van der Waals surface area (Å²) in [4.78, 5) is 11.2. The smallest absolute Gasteiger partial charge is 0.307 e. The predicted octanol–water partition coefficient (Wildman–Crippen LogP) is 4.91. The van der Waals surface area contributed by atoms with Gasteiger partial charge in [0, 0.05) is 24.4 Å². The number of hydrogen-bond acceptors (Lipinski definition) is 4. The number of nitrogens with zero attached hydrogens (tertiary/aromatic N) is 2. The average Bonchev–Trinajstić information content (AvgIpc) is 3.46. The number of aromatic nitrogens is 2. The van der Waals surface area contributed by atoms with Crippen LogP contribution in [0.5, 0.6) is 17.2 Å². The zero-order chi connectivity index (χ0) is 21.3. The molecule has 3 aromatic rings. The molecule has 0 spiro atoms. The first-order valence-electron chi connectivity index (χ1n) is 10.2. The summed E-state index contributed by atoms with van der Waals surface area (Å²) in [6.07, 6.45) is 2.31. The summed E-state index contributed by atoms with van der Waals surface area (Å²) in [6, 6.07) is 13.2. The Morgan fingerprint density at radius 1 is 1.13 bits per heavy atom. The molecule has 0 saturated heterocycles. The van der Waals surface area contributed by atoms with E-state index >= 15 is 0 Å². The summed E-state index contributed by atoms with van der Waals surface area (Å²) in [5.41, 5.74) is 4.83. The van der Waals surface area contributed by atoms with Crippen molar-refractivity contribution in [3.8, 4) is 28.4 Å². The zero-order valence-electron chi connectivity index (χ0n) is 17.5. The van der Waals surface area contributed by atoms with Gasteiger partial charge in [-0.15, -0.1) is 0 Å². The molecular weight excluding hydrogens is 380 g/mol. The van der Waals surface area contributed by atoms with Crippen molar-refractivity contribution in [3.05, 3.63) is 59.4 Å². The third-order valence-corrected chi connectivity index (χ3v) is 5.35. The van der Waals surface area contributed by atoms with E-state index in [1.54, 1.807) is 12.1 Å². The fourth-order valence-corrected chi connectivity index (χ4v) is 3.59. The lowest BCUT2D eigenvalue weighted by molar-refractivity contribution is -0.136. The average molecular weight is 406 g/mol. The zero-order valence-corrected chi connectivity index (χ0v) is 17.5. The van der Waals surface area contributed by atoms with Gasteiger partial charge in [-0.1, -0.05) is 12.1 Å². The molecule has 1 aromatic heterocycles. The molecule has 156 valence electrons. The lowest BCUT2D eigenvalue weighted by Crippen LogP contribution is -2.03. The predicted molar refractivity (Wildman–Crippen MR) is 114 cm³/mol. The number of carboxylic acids is 1. The third kappa shape index (κ3) is 4.64. The molecule has 1 heterocycles. The molecule has 6 heteroatoms. The highest BCUT2D eigenvalue weighted by Gasteiger charge is 2.22. The number of aliphatic carboxylic acids is 1. The van der Waals surface area contributed by atoms with Gasteiger partial charge in [-0.05, 0) is 68.0 Å². The Labute approximate surface area is 176 Å². The highest BCUT2D eigenvalue weighted by Crippen LogP contribution is 2.34. The summed E-state index contributed by atoms with van der Waals surface area (Å²) in [5.74, 6) is 1.61. The number of rotatable bonds is 8. The Kier molecular flexibility index (Phi) is 5.48. The van der Waals surface area contributed by atoms with Gasteiger partial charge < -0.3 is 14.6 Å². The Morgan fingerprint density at radius 3 is 2.57 bits per heavy atom. The van der Waals surface area contributed by atoms with Gasteiger partial charge in [-0.25, -0.2) is 0 Å². The Hall–Kier alpha value is -3.28.